The summed E-state index contributed by atoms with van der Waals surface area (Å²) in [5.74, 6) is 6.44. The Kier molecular flexibility index (Phi) is 4.15. The Hall–Kier alpha value is -2.66. The second-order valence-corrected chi connectivity index (χ2v) is 7.80. The summed E-state index contributed by atoms with van der Waals surface area (Å²) in [5, 5.41) is 15.0. The summed E-state index contributed by atoms with van der Waals surface area (Å²) < 4.78 is 1.42. The van der Waals surface area contributed by atoms with Crippen LogP contribution in [-0.4, -0.2) is 36.2 Å². The summed E-state index contributed by atoms with van der Waals surface area (Å²) in [6.45, 7) is 7.56. The summed E-state index contributed by atoms with van der Waals surface area (Å²) in [5.41, 5.74) is 11.1. The zero-order valence-electron chi connectivity index (χ0n) is 15.4. The maximum atomic E-state index is 11.2. The van der Waals surface area contributed by atoms with Crippen LogP contribution in [0.5, 0.6) is 0 Å². The molecule has 0 saturated heterocycles. The highest BCUT2D eigenvalue weighted by Gasteiger charge is 2.55. The van der Waals surface area contributed by atoms with Crippen molar-refractivity contribution in [2.45, 2.75) is 46.1 Å². The summed E-state index contributed by atoms with van der Waals surface area (Å²) in [6.07, 6.45) is 2.40. The first-order valence-corrected chi connectivity index (χ1v) is 8.53. The van der Waals surface area contributed by atoms with Crippen LogP contribution in [0.2, 0.25) is 0 Å². The van der Waals surface area contributed by atoms with Crippen molar-refractivity contribution in [3.8, 4) is 11.8 Å². The molecular formula is C18H24N6O2. The first kappa shape index (κ1) is 18.1. The summed E-state index contributed by atoms with van der Waals surface area (Å²) in [7, 11) is 0. The molecule has 26 heavy (non-hydrogen) atoms. The van der Waals surface area contributed by atoms with Gasteiger partial charge in [-0.2, -0.15) is 14.6 Å². The molecule has 1 aliphatic rings. The van der Waals surface area contributed by atoms with E-state index in [9.17, 15) is 9.90 Å². The molecule has 0 aromatic carbocycles. The molecule has 1 amide bonds. The fourth-order valence-corrected chi connectivity index (χ4v) is 3.97. The normalized spacial score (nSPS) is 23.6. The van der Waals surface area contributed by atoms with Gasteiger partial charge in [0.2, 0.25) is 5.91 Å². The lowest BCUT2D eigenvalue weighted by Crippen LogP contribution is -2.56. The van der Waals surface area contributed by atoms with Crippen molar-refractivity contribution < 1.29 is 9.90 Å². The van der Waals surface area contributed by atoms with Gasteiger partial charge < -0.3 is 16.6 Å². The fraction of sp³-hybridized carbons (Fsp3) is 0.556. The molecule has 0 radical (unpaired) electrons. The van der Waals surface area contributed by atoms with Crippen LogP contribution >= 0.6 is 0 Å². The number of hydrogen-bond acceptors (Lipinski definition) is 6. The van der Waals surface area contributed by atoms with Crippen molar-refractivity contribution in [2.24, 2.45) is 23.0 Å². The molecule has 1 saturated carbocycles. The van der Waals surface area contributed by atoms with Gasteiger partial charge in [-0.05, 0) is 31.6 Å². The van der Waals surface area contributed by atoms with Gasteiger partial charge >= 0.3 is 0 Å². The van der Waals surface area contributed by atoms with E-state index in [2.05, 4.69) is 26.9 Å². The molecule has 8 heteroatoms. The summed E-state index contributed by atoms with van der Waals surface area (Å²) in [6, 6.07) is 0. The number of carbonyl (C=O) groups is 1. The second kappa shape index (κ2) is 5.95. The Morgan fingerprint density at radius 2 is 2.23 bits per heavy atom. The van der Waals surface area contributed by atoms with Crippen molar-refractivity contribution >= 4 is 17.5 Å². The molecule has 3 atom stereocenters. The number of carbonyl (C=O) groups excluding carboxylic acids is 1. The van der Waals surface area contributed by atoms with Crippen LogP contribution in [0, 0.1) is 36.0 Å². The van der Waals surface area contributed by atoms with E-state index in [0.29, 0.717) is 35.7 Å². The number of aromatic nitrogens is 4. The monoisotopic (exact) mass is 356 g/mol. The number of anilines is 1. The predicted octanol–water partition coefficient (Wildman–Crippen LogP) is 0.655. The van der Waals surface area contributed by atoms with E-state index in [1.807, 2.05) is 13.8 Å². The van der Waals surface area contributed by atoms with Crippen LogP contribution in [-0.2, 0) is 4.79 Å². The Morgan fingerprint density at radius 3 is 2.85 bits per heavy atom. The van der Waals surface area contributed by atoms with Gasteiger partial charge in [0.25, 0.3) is 5.78 Å². The maximum Gasteiger partial charge on any atom is 0.254 e. The average Bonchev–Trinajstić information content (AvgIpc) is 2.98. The molecule has 5 N–H and O–H groups in total. The first-order valence-electron chi connectivity index (χ1n) is 8.53. The van der Waals surface area contributed by atoms with Gasteiger partial charge in [-0.1, -0.05) is 25.7 Å². The van der Waals surface area contributed by atoms with Gasteiger partial charge in [-0.3, -0.25) is 4.79 Å². The molecule has 0 bridgehead atoms. The molecule has 8 nitrogen and oxygen atoms in total. The van der Waals surface area contributed by atoms with Gasteiger partial charge in [0.1, 0.15) is 17.7 Å². The summed E-state index contributed by atoms with van der Waals surface area (Å²) in [4.78, 5) is 19.6. The summed E-state index contributed by atoms with van der Waals surface area (Å²) >= 11 is 0. The zero-order valence-corrected chi connectivity index (χ0v) is 15.4. The fourth-order valence-electron chi connectivity index (χ4n) is 3.97. The minimum Gasteiger partial charge on any atom is -0.382 e. The molecule has 1 fully saturated rings. The third-order valence-electron chi connectivity index (χ3n) is 5.68. The largest absolute Gasteiger partial charge is 0.382 e. The molecule has 2 aromatic rings. The molecule has 1 aliphatic carbocycles. The molecule has 0 aliphatic heterocycles. The number of fused-ring (bicyclic) bond motifs is 1. The minimum atomic E-state index is -1.23. The minimum absolute atomic E-state index is 0.0727. The number of nitrogens with two attached hydrogens (primary N) is 2. The molecule has 0 spiro atoms. The number of primary amides is 1. The van der Waals surface area contributed by atoms with E-state index in [-0.39, 0.29) is 23.2 Å². The number of amides is 1. The quantitative estimate of drug-likeness (QED) is 0.692. The van der Waals surface area contributed by atoms with Crippen molar-refractivity contribution in [1.29, 1.82) is 0 Å². The highest BCUT2D eigenvalue weighted by Crippen LogP contribution is 2.56. The van der Waals surface area contributed by atoms with Crippen LogP contribution in [0.4, 0.5) is 5.82 Å². The number of rotatable bonds is 3. The lowest BCUT2D eigenvalue weighted by Gasteiger charge is -2.56. The van der Waals surface area contributed by atoms with Crippen LogP contribution < -0.4 is 11.5 Å². The number of nitrogen functional groups attached to an aromatic ring is 1. The third kappa shape index (κ3) is 2.88. The van der Waals surface area contributed by atoms with E-state index in [1.165, 1.54) is 10.8 Å². The van der Waals surface area contributed by atoms with Gasteiger partial charge in [-0.15, -0.1) is 0 Å². The van der Waals surface area contributed by atoms with Crippen LogP contribution in [0.1, 0.15) is 44.9 Å². The van der Waals surface area contributed by atoms with Gasteiger partial charge in [0.15, 0.2) is 0 Å². The molecule has 2 heterocycles. The highest BCUT2D eigenvalue weighted by atomic mass is 16.3. The van der Waals surface area contributed by atoms with Gasteiger partial charge in [0, 0.05) is 12.3 Å². The van der Waals surface area contributed by atoms with E-state index >= 15 is 0 Å². The Bertz CT molecular complexity index is 934. The second-order valence-electron chi connectivity index (χ2n) is 7.80. The Morgan fingerprint density at radius 1 is 1.54 bits per heavy atom. The molecule has 3 rings (SSSR count). The lowest BCUT2D eigenvalue weighted by atomic mass is 9.49. The maximum absolute atomic E-state index is 11.2. The number of aryl methyl sites for hydroxylation is 1. The topological polar surface area (TPSA) is 132 Å². The number of aliphatic hydroxyl groups is 1. The Labute approximate surface area is 152 Å². The standard InChI is InChI=1S/C18H24N6O2/c1-10-12(15(20)24-16(23-10)21-9-22-24)5-6-18(4,26)13-7-11(8-14(19)25)17(13,2)3/h9,11,13,26H,7-8,20H2,1-4H3,(H2,19,25). The molecule has 138 valence electrons. The van der Waals surface area contributed by atoms with Gasteiger partial charge in [-0.25, -0.2) is 4.98 Å². The first-order chi connectivity index (χ1) is 12.0. The average molecular weight is 356 g/mol. The SMILES string of the molecule is Cc1nc2ncnn2c(N)c1C#CC(C)(O)C1CC(CC(N)=O)C1(C)C. The predicted molar refractivity (Wildman–Crippen MR) is 96.6 cm³/mol. The number of nitrogens with zero attached hydrogens (tertiary/aromatic N) is 4. The highest BCUT2D eigenvalue weighted by molar-refractivity contribution is 5.74. The van der Waals surface area contributed by atoms with E-state index in [1.54, 1.807) is 13.8 Å². The van der Waals surface area contributed by atoms with Crippen molar-refractivity contribution in [3.63, 3.8) is 0 Å². The van der Waals surface area contributed by atoms with Crippen LogP contribution in [0.25, 0.3) is 5.78 Å². The molecular weight excluding hydrogens is 332 g/mol. The van der Waals surface area contributed by atoms with Crippen LogP contribution in [0.15, 0.2) is 6.33 Å². The van der Waals surface area contributed by atoms with E-state index in [4.69, 9.17) is 11.5 Å². The van der Waals surface area contributed by atoms with Crippen molar-refractivity contribution in [1.82, 2.24) is 19.6 Å². The van der Waals surface area contributed by atoms with Gasteiger partial charge in [0.05, 0.1) is 11.3 Å². The van der Waals surface area contributed by atoms with Crippen LogP contribution in [0.3, 0.4) is 0 Å². The van der Waals surface area contributed by atoms with E-state index < -0.39 is 5.60 Å². The van der Waals surface area contributed by atoms with Crippen molar-refractivity contribution in [3.05, 3.63) is 17.6 Å². The van der Waals surface area contributed by atoms with Crippen molar-refractivity contribution in [2.75, 3.05) is 5.73 Å². The smallest absolute Gasteiger partial charge is 0.254 e. The van der Waals surface area contributed by atoms with E-state index in [0.717, 1.165) is 0 Å². The zero-order chi connectivity index (χ0) is 19.3. The molecule has 2 aromatic heterocycles. The Balaban J connectivity index is 1.89. The molecule has 3 unspecified atom stereocenters. The lowest BCUT2D eigenvalue weighted by molar-refractivity contribution is -0.138. The number of hydrogen-bond donors (Lipinski definition) is 3. The third-order valence-corrected chi connectivity index (χ3v) is 5.68.